The van der Waals surface area contributed by atoms with Crippen molar-refractivity contribution >= 4 is 23.1 Å². The van der Waals surface area contributed by atoms with Crippen LogP contribution in [-0.2, 0) is 9.53 Å². The van der Waals surface area contributed by atoms with E-state index >= 15 is 0 Å². The first-order valence-corrected chi connectivity index (χ1v) is 8.59. The van der Waals surface area contributed by atoms with Gasteiger partial charge in [0.15, 0.2) is 0 Å². The molecule has 0 heterocycles. The Hall–Kier alpha value is -0.680. The molecule has 21 heavy (non-hydrogen) atoms. The molecule has 5 heteroatoms. The smallest absolute Gasteiger partial charge is 0.233 e. The highest BCUT2D eigenvalue weighted by Crippen LogP contribution is 2.35. The second-order valence-electron chi connectivity index (χ2n) is 6.24. The van der Waals surface area contributed by atoms with Crippen molar-refractivity contribution in [1.29, 1.82) is 0 Å². The number of amides is 1. The van der Waals surface area contributed by atoms with Gasteiger partial charge in [-0.05, 0) is 39.5 Å². The quantitative estimate of drug-likeness (QED) is 0.411. The minimum atomic E-state index is -0.611. The zero-order valence-corrected chi connectivity index (χ0v) is 14.3. The minimum Gasteiger partial charge on any atom is -0.392 e. The Morgan fingerprint density at radius 1 is 1.24 bits per heavy atom. The van der Waals surface area contributed by atoms with Gasteiger partial charge in [0.2, 0.25) is 5.91 Å². The fraction of sp³-hybridized carbons (Fsp3) is 0.875. The molecular weight excluding hydrogens is 284 g/mol. The fourth-order valence-electron chi connectivity index (χ4n) is 2.83. The van der Waals surface area contributed by atoms with Crippen LogP contribution < -0.4 is 11.1 Å². The molecule has 0 atom stereocenters. The summed E-state index contributed by atoms with van der Waals surface area (Å²) < 4.78 is 5.49. The zero-order chi connectivity index (χ0) is 15.7. The first-order valence-electron chi connectivity index (χ1n) is 8.19. The summed E-state index contributed by atoms with van der Waals surface area (Å²) in [5.41, 5.74) is 5.30. The highest BCUT2D eigenvalue weighted by molar-refractivity contribution is 7.80. The standard InChI is InChI=1S/C16H30N2O2S/c1-13(2)20-12-8-7-11-18-15(19)16(14(17)21)9-5-3-4-6-10-16/h13H,3-12H2,1-2H3,(H2,17,21)(H,18,19). The van der Waals surface area contributed by atoms with Crippen molar-refractivity contribution in [2.45, 2.75) is 71.3 Å². The largest absolute Gasteiger partial charge is 0.392 e. The van der Waals surface area contributed by atoms with E-state index in [9.17, 15) is 4.79 Å². The van der Waals surface area contributed by atoms with E-state index in [-0.39, 0.29) is 12.0 Å². The van der Waals surface area contributed by atoms with Crippen LogP contribution in [0.2, 0.25) is 0 Å². The molecule has 1 rings (SSSR count). The lowest BCUT2D eigenvalue weighted by atomic mass is 9.79. The third-order valence-corrected chi connectivity index (χ3v) is 4.56. The maximum atomic E-state index is 12.5. The Balaban J connectivity index is 2.38. The monoisotopic (exact) mass is 314 g/mol. The predicted molar refractivity (Wildman–Crippen MR) is 90.3 cm³/mol. The number of hydrogen-bond acceptors (Lipinski definition) is 3. The van der Waals surface area contributed by atoms with Crippen LogP contribution in [0.1, 0.15) is 65.2 Å². The summed E-state index contributed by atoms with van der Waals surface area (Å²) >= 11 is 5.21. The number of hydrogen-bond donors (Lipinski definition) is 2. The van der Waals surface area contributed by atoms with Gasteiger partial charge in [0.25, 0.3) is 0 Å². The molecule has 1 fully saturated rings. The van der Waals surface area contributed by atoms with Crippen molar-refractivity contribution in [3.05, 3.63) is 0 Å². The van der Waals surface area contributed by atoms with Crippen molar-refractivity contribution in [2.75, 3.05) is 13.2 Å². The highest BCUT2D eigenvalue weighted by atomic mass is 32.1. The van der Waals surface area contributed by atoms with Crippen LogP contribution in [0, 0.1) is 5.41 Å². The summed E-state index contributed by atoms with van der Waals surface area (Å²) in [6.45, 7) is 5.47. The van der Waals surface area contributed by atoms with Crippen molar-refractivity contribution in [2.24, 2.45) is 11.1 Å². The van der Waals surface area contributed by atoms with Gasteiger partial charge in [-0.3, -0.25) is 4.79 Å². The lowest BCUT2D eigenvalue weighted by Gasteiger charge is -2.30. The number of carbonyl (C=O) groups excluding carboxylic acids is 1. The van der Waals surface area contributed by atoms with Crippen molar-refractivity contribution in [3.8, 4) is 0 Å². The van der Waals surface area contributed by atoms with Crippen LogP contribution in [0.3, 0.4) is 0 Å². The molecule has 0 radical (unpaired) electrons. The fourth-order valence-corrected chi connectivity index (χ4v) is 3.13. The molecule has 4 nitrogen and oxygen atoms in total. The summed E-state index contributed by atoms with van der Waals surface area (Å²) in [6.07, 6.45) is 8.15. The molecule has 122 valence electrons. The van der Waals surface area contributed by atoms with E-state index in [1.165, 1.54) is 12.8 Å². The third kappa shape index (κ3) is 5.91. The van der Waals surface area contributed by atoms with Crippen LogP contribution in [0.5, 0.6) is 0 Å². The lowest BCUT2D eigenvalue weighted by Crippen LogP contribution is -2.49. The third-order valence-electron chi connectivity index (χ3n) is 4.17. The first kappa shape index (κ1) is 18.4. The van der Waals surface area contributed by atoms with Crippen LogP contribution in [-0.4, -0.2) is 30.2 Å². The number of carbonyl (C=O) groups is 1. The maximum Gasteiger partial charge on any atom is 0.233 e. The average molecular weight is 314 g/mol. The minimum absolute atomic E-state index is 0.0293. The van der Waals surface area contributed by atoms with Gasteiger partial charge in [-0.25, -0.2) is 0 Å². The second-order valence-corrected chi connectivity index (χ2v) is 6.68. The topological polar surface area (TPSA) is 64.3 Å². The summed E-state index contributed by atoms with van der Waals surface area (Å²) in [6, 6.07) is 0. The van der Waals surface area contributed by atoms with Crippen LogP contribution in [0.4, 0.5) is 0 Å². The highest BCUT2D eigenvalue weighted by Gasteiger charge is 2.41. The Labute approximate surface area is 134 Å². The molecule has 0 aromatic heterocycles. The Morgan fingerprint density at radius 3 is 2.38 bits per heavy atom. The van der Waals surface area contributed by atoms with Crippen LogP contribution in [0.15, 0.2) is 0 Å². The molecule has 0 aromatic carbocycles. The van der Waals surface area contributed by atoms with Crippen LogP contribution >= 0.6 is 12.2 Å². The molecule has 0 saturated heterocycles. The summed E-state index contributed by atoms with van der Waals surface area (Å²) in [7, 11) is 0. The van der Waals surface area contributed by atoms with Gasteiger partial charge in [-0.2, -0.15) is 0 Å². The number of unbranched alkanes of at least 4 members (excludes halogenated alkanes) is 1. The molecule has 3 N–H and O–H groups in total. The van der Waals surface area contributed by atoms with E-state index in [0.717, 1.165) is 45.1 Å². The number of rotatable bonds is 8. The van der Waals surface area contributed by atoms with Gasteiger partial charge in [0, 0.05) is 13.2 Å². The zero-order valence-electron chi connectivity index (χ0n) is 13.5. The van der Waals surface area contributed by atoms with E-state index in [2.05, 4.69) is 5.32 Å². The Bertz CT molecular complexity index is 337. The summed E-state index contributed by atoms with van der Waals surface area (Å²) in [5.74, 6) is 0.0293. The summed E-state index contributed by atoms with van der Waals surface area (Å²) in [5, 5.41) is 3.03. The number of ether oxygens (including phenoxy) is 1. The average Bonchev–Trinajstić information content (AvgIpc) is 2.68. The summed E-state index contributed by atoms with van der Waals surface area (Å²) in [4.78, 5) is 12.9. The van der Waals surface area contributed by atoms with Crippen molar-refractivity contribution in [3.63, 3.8) is 0 Å². The molecule has 0 aromatic rings. The molecule has 0 unspecified atom stereocenters. The predicted octanol–water partition coefficient (Wildman–Crippen LogP) is 2.93. The van der Waals surface area contributed by atoms with E-state index in [1.54, 1.807) is 0 Å². The number of nitrogens with one attached hydrogen (secondary N) is 1. The Kier molecular flexibility index (Phi) is 8.19. The molecular formula is C16H30N2O2S. The molecule has 0 aliphatic heterocycles. The maximum absolute atomic E-state index is 12.5. The number of thiocarbonyl (C=S) groups is 1. The molecule has 1 aliphatic rings. The Morgan fingerprint density at radius 2 is 1.86 bits per heavy atom. The van der Waals surface area contributed by atoms with E-state index < -0.39 is 5.41 Å². The van der Waals surface area contributed by atoms with Crippen LogP contribution in [0.25, 0.3) is 0 Å². The van der Waals surface area contributed by atoms with Gasteiger partial charge in [0.1, 0.15) is 0 Å². The molecule has 0 spiro atoms. The molecule has 1 amide bonds. The van der Waals surface area contributed by atoms with Gasteiger partial charge in [-0.15, -0.1) is 0 Å². The van der Waals surface area contributed by atoms with Crippen molar-refractivity contribution in [1.82, 2.24) is 5.32 Å². The molecule has 1 saturated carbocycles. The molecule has 0 bridgehead atoms. The van der Waals surface area contributed by atoms with E-state index in [0.29, 0.717) is 11.5 Å². The second kappa shape index (κ2) is 9.36. The SMILES string of the molecule is CC(C)OCCCCNC(=O)C1(C(N)=S)CCCCCC1. The van der Waals surface area contributed by atoms with E-state index in [4.69, 9.17) is 22.7 Å². The van der Waals surface area contributed by atoms with Crippen molar-refractivity contribution < 1.29 is 9.53 Å². The molecule has 1 aliphatic carbocycles. The first-order chi connectivity index (χ1) is 9.99. The number of nitrogens with two attached hydrogens (primary N) is 1. The van der Waals surface area contributed by atoms with Gasteiger partial charge in [-0.1, -0.05) is 37.9 Å². The van der Waals surface area contributed by atoms with Gasteiger partial charge in [0.05, 0.1) is 16.5 Å². The normalized spacial score (nSPS) is 18.2. The lowest BCUT2D eigenvalue weighted by molar-refractivity contribution is -0.128. The van der Waals surface area contributed by atoms with Gasteiger partial charge >= 0.3 is 0 Å². The van der Waals surface area contributed by atoms with Gasteiger partial charge < -0.3 is 15.8 Å². The van der Waals surface area contributed by atoms with E-state index in [1.807, 2.05) is 13.8 Å².